The van der Waals surface area contributed by atoms with Crippen LogP contribution < -0.4 is 5.32 Å². The van der Waals surface area contributed by atoms with Gasteiger partial charge in [0, 0.05) is 38.4 Å². The summed E-state index contributed by atoms with van der Waals surface area (Å²) >= 11 is 0. The molecule has 1 saturated heterocycles. The number of aryl methyl sites for hydroxylation is 1. The summed E-state index contributed by atoms with van der Waals surface area (Å²) in [7, 11) is 2.04. The summed E-state index contributed by atoms with van der Waals surface area (Å²) < 4.78 is 7.81. The lowest BCUT2D eigenvalue weighted by Crippen LogP contribution is -2.42. The van der Waals surface area contributed by atoms with Crippen LogP contribution in [-0.4, -0.2) is 34.3 Å². The van der Waals surface area contributed by atoms with Gasteiger partial charge in [-0.3, -0.25) is 0 Å². The molecule has 1 N–H and O–H groups in total. The third-order valence-electron chi connectivity index (χ3n) is 3.40. The van der Waals surface area contributed by atoms with Crippen molar-refractivity contribution in [1.29, 1.82) is 0 Å². The zero-order valence-corrected chi connectivity index (χ0v) is 11.0. The van der Waals surface area contributed by atoms with Crippen LogP contribution in [0.3, 0.4) is 0 Å². The number of ether oxygens (including phenoxy) is 1. The van der Waals surface area contributed by atoms with Gasteiger partial charge in [0.25, 0.3) is 0 Å². The third kappa shape index (κ3) is 3.54. The fraction of sp³-hybridized carbons (Fsp3) is 0.769. The van der Waals surface area contributed by atoms with Crippen LogP contribution in [0.5, 0.6) is 0 Å². The van der Waals surface area contributed by atoms with Crippen molar-refractivity contribution in [3.8, 4) is 0 Å². The van der Waals surface area contributed by atoms with E-state index in [1.54, 1.807) is 0 Å². The molecule has 0 saturated carbocycles. The Morgan fingerprint density at radius 2 is 2.12 bits per heavy atom. The lowest BCUT2D eigenvalue weighted by atomic mass is 10.00. The van der Waals surface area contributed by atoms with Gasteiger partial charge in [0.1, 0.15) is 5.82 Å². The molecular weight excluding hydrogens is 214 g/mol. The third-order valence-corrected chi connectivity index (χ3v) is 3.40. The summed E-state index contributed by atoms with van der Waals surface area (Å²) in [6.07, 6.45) is 7.83. The number of hydrogen-bond acceptors (Lipinski definition) is 3. The van der Waals surface area contributed by atoms with Crippen molar-refractivity contribution in [3.63, 3.8) is 0 Å². The Bertz CT molecular complexity index is 340. The Morgan fingerprint density at radius 3 is 2.71 bits per heavy atom. The number of nitrogens with zero attached hydrogens (tertiary/aromatic N) is 2. The first kappa shape index (κ1) is 12.6. The lowest BCUT2D eigenvalue weighted by Gasteiger charge is -2.32. The zero-order chi connectivity index (χ0) is 12.3. The molecule has 0 spiro atoms. The summed E-state index contributed by atoms with van der Waals surface area (Å²) in [4.78, 5) is 4.33. The molecule has 1 fully saturated rings. The van der Waals surface area contributed by atoms with Gasteiger partial charge in [0.05, 0.1) is 12.2 Å². The molecule has 2 heterocycles. The molecule has 2 atom stereocenters. The van der Waals surface area contributed by atoms with E-state index in [2.05, 4.69) is 28.7 Å². The Balaban J connectivity index is 1.73. The first-order valence-corrected chi connectivity index (χ1v) is 6.50. The summed E-state index contributed by atoms with van der Waals surface area (Å²) in [5.41, 5.74) is 0. The van der Waals surface area contributed by atoms with Crippen LogP contribution in [-0.2, 0) is 18.2 Å². The van der Waals surface area contributed by atoms with Crippen molar-refractivity contribution < 1.29 is 4.74 Å². The van der Waals surface area contributed by atoms with Crippen molar-refractivity contribution >= 4 is 0 Å². The van der Waals surface area contributed by atoms with E-state index in [9.17, 15) is 0 Å². The van der Waals surface area contributed by atoms with E-state index in [-0.39, 0.29) is 0 Å². The van der Waals surface area contributed by atoms with Gasteiger partial charge in [-0.15, -0.1) is 0 Å². The Kier molecular flexibility index (Phi) is 4.18. The van der Waals surface area contributed by atoms with Gasteiger partial charge in [0.15, 0.2) is 0 Å². The second-order valence-electron chi connectivity index (χ2n) is 5.08. The molecule has 96 valence electrons. The van der Waals surface area contributed by atoms with Gasteiger partial charge in [-0.1, -0.05) is 0 Å². The maximum absolute atomic E-state index is 5.73. The normalized spacial score (nSPS) is 29.5. The molecule has 4 heteroatoms. The summed E-state index contributed by atoms with van der Waals surface area (Å²) in [6, 6.07) is 0.592. The highest BCUT2D eigenvalue weighted by atomic mass is 16.5. The Morgan fingerprint density at radius 1 is 1.41 bits per heavy atom. The molecule has 0 aromatic carbocycles. The molecule has 4 nitrogen and oxygen atoms in total. The SMILES string of the molecule is CC1CC(NCCc2nccn2C)CC(C)O1. The molecule has 1 aliphatic rings. The minimum absolute atomic E-state index is 0.379. The average molecular weight is 237 g/mol. The number of aromatic nitrogens is 2. The summed E-state index contributed by atoms with van der Waals surface area (Å²) in [5.74, 6) is 1.14. The average Bonchev–Trinajstić information content (AvgIpc) is 2.63. The number of rotatable bonds is 4. The van der Waals surface area contributed by atoms with Gasteiger partial charge >= 0.3 is 0 Å². The first-order valence-electron chi connectivity index (χ1n) is 6.50. The standard InChI is InChI=1S/C13H23N3O/c1-10-8-12(9-11(2)17-10)14-5-4-13-15-6-7-16(13)3/h6-7,10-12,14H,4-5,8-9H2,1-3H3. The Labute approximate surface area is 103 Å². The van der Waals surface area contributed by atoms with Crippen molar-refractivity contribution in [1.82, 2.24) is 14.9 Å². The fourth-order valence-electron chi connectivity index (χ4n) is 2.60. The first-order chi connectivity index (χ1) is 8.15. The monoisotopic (exact) mass is 237 g/mol. The molecule has 0 amide bonds. The minimum atomic E-state index is 0.379. The maximum Gasteiger partial charge on any atom is 0.109 e. The molecule has 0 radical (unpaired) electrons. The zero-order valence-electron chi connectivity index (χ0n) is 11.0. The summed E-state index contributed by atoms with van der Waals surface area (Å²) in [5, 5.41) is 3.61. The minimum Gasteiger partial charge on any atom is -0.375 e. The maximum atomic E-state index is 5.73. The van der Waals surface area contributed by atoms with Crippen LogP contribution in [0.4, 0.5) is 0 Å². The van der Waals surface area contributed by atoms with Crippen LogP contribution in [0, 0.1) is 0 Å². The number of imidazole rings is 1. The van der Waals surface area contributed by atoms with Gasteiger partial charge in [-0.25, -0.2) is 4.98 Å². The fourth-order valence-corrected chi connectivity index (χ4v) is 2.60. The molecule has 0 aliphatic carbocycles. The second kappa shape index (κ2) is 5.65. The predicted molar refractivity (Wildman–Crippen MR) is 67.9 cm³/mol. The predicted octanol–water partition coefficient (Wildman–Crippen LogP) is 1.51. The van der Waals surface area contributed by atoms with Crippen LogP contribution in [0.25, 0.3) is 0 Å². The molecule has 1 aliphatic heterocycles. The molecule has 17 heavy (non-hydrogen) atoms. The number of nitrogens with one attached hydrogen (secondary N) is 1. The van der Waals surface area contributed by atoms with Gasteiger partial charge < -0.3 is 14.6 Å². The molecule has 1 aromatic heterocycles. The van der Waals surface area contributed by atoms with Gasteiger partial charge in [-0.05, 0) is 26.7 Å². The molecular formula is C13H23N3O. The smallest absolute Gasteiger partial charge is 0.109 e. The van der Waals surface area contributed by atoms with Crippen molar-refractivity contribution in [2.75, 3.05) is 6.54 Å². The molecule has 1 aromatic rings. The van der Waals surface area contributed by atoms with Crippen molar-refractivity contribution in [2.45, 2.75) is 51.4 Å². The van der Waals surface area contributed by atoms with E-state index in [0.29, 0.717) is 18.2 Å². The second-order valence-corrected chi connectivity index (χ2v) is 5.08. The summed E-state index contributed by atoms with van der Waals surface area (Å²) in [6.45, 7) is 5.31. The topological polar surface area (TPSA) is 39.1 Å². The van der Waals surface area contributed by atoms with Crippen LogP contribution in [0.2, 0.25) is 0 Å². The highest BCUT2D eigenvalue weighted by molar-refractivity contribution is 4.92. The van der Waals surface area contributed by atoms with E-state index < -0.39 is 0 Å². The lowest BCUT2D eigenvalue weighted by molar-refractivity contribution is -0.0419. The highest BCUT2D eigenvalue weighted by Crippen LogP contribution is 2.18. The van der Waals surface area contributed by atoms with Crippen molar-refractivity contribution in [2.24, 2.45) is 7.05 Å². The molecule has 2 unspecified atom stereocenters. The van der Waals surface area contributed by atoms with E-state index in [1.807, 2.05) is 19.4 Å². The highest BCUT2D eigenvalue weighted by Gasteiger charge is 2.23. The van der Waals surface area contributed by atoms with Crippen LogP contribution in [0.1, 0.15) is 32.5 Å². The number of hydrogen-bond donors (Lipinski definition) is 1. The largest absolute Gasteiger partial charge is 0.375 e. The quantitative estimate of drug-likeness (QED) is 0.862. The van der Waals surface area contributed by atoms with E-state index in [1.165, 1.54) is 0 Å². The van der Waals surface area contributed by atoms with E-state index in [4.69, 9.17) is 4.74 Å². The molecule has 0 bridgehead atoms. The van der Waals surface area contributed by atoms with Crippen LogP contribution >= 0.6 is 0 Å². The Hall–Kier alpha value is -0.870. The van der Waals surface area contributed by atoms with Crippen molar-refractivity contribution in [3.05, 3.63) is 18.2 Å². The van der Waals surface area contributed by atoms with Gasteiger partial charge in [0.2, 0.25) is 0 Å². The van der Waals surface area contributed by atoms with E-state index in [0.717, 1.165) is 31.6 Å². The van der Waals surface area contributed by atoms with Crippen LogP contribution in [0.15, 0.2) is 12.4 Å². The molecule has 2 rings (SSSR count). The van der Waals surface area contributed by atoms with Gasteiger partial charge in [-0.2, -0.15) is 0 Å². The van der Waals surface area contributed by atoms with E-state index >= 15 is 0 Å².